The Balaban J connectivity index is 1.48. The number of para-hydroxylation sites is 1. The van der Waals surface area contributed by atoms with E-state index in [1.54, 1.807) is 6.07 Å². The standard InChI is InChI=1S/C26H22N2O9S2/c1-17-6-5-7-19(14-17)36-13-12-27-25(29)23(38-26(27)30)16-18-10-11-21(22(15-18)35-2)37-39(33,34)24-9-4-3-8-20(24)28(31)32/h3-11,14-16H,12-13H2,1-2H3/b23-16-. The van der Waals surface area contributed by atoms with E-state index in [9.17, 15) is 28.1 Å². The smallest absolute Gasteiger partial charge is 0.346 e. The van der Waals surface area contributed by atoms with Crippen LogP contribution in [0.2, 0.25) is 0 Å². The molecule has 0 aliphatic carbocycles. The lowest BCUT2D eigenvalue weighted by atomic mass is 10.2. The number of nitrogens with zero attached hydrogens (tertiary/aromatic N) is 2. The Bertz CT molecular complexity index is 1590. The number of carbonyl (C=O) groups excluding carboxylic acids is 2. The summed E-state index contributed by atoms with van der Waals surface area (Å²) in [6.45, 7) is 2.12. The van der Waals surface area contributed by atoms with E-state index >= 15 is 0 Å². The van der Waals surface area contributed by atoms with Crippen LogP contribution in [0.3, 0.4) is 0 Å². The van der Waals surface area contributed by atoms with E-state index in [-0.39, 0.29) is 29.6 Å². The third-order valence-corrected chi connectivity index (χ3v) is 7.65. The second kappa shape index (κ2) is 11.6. The van der Waals surface area contributed by atoms with Gasteiger partial charge in [-0.1, -0.05) is 30.3 Å². The number of methoxy groups -OCH3 is 1. The number of nitro groups is 1. The van der Waals surface area contributed by atoms with Crippen LogP contribution in [0.1, 0.15) is 11.1 Å². The molecule has 0 aromatic heterocycles. The first-order valence-electron chi connectivity index (χ1n) is 11.4. The minimum atomic E-state index is -4.57. The Morgan fingerprint density at radius 3 is 2.51 bits per heavy atom. The van der Waals surface area contributed by atoms with Crippen molar-refractivity contribution in [1.82, 2.24) is 4.90 Å². The van der Waals surface area contributed by atoms with Crippen LogP contribution >= 0.6 is 11.8 Å². The van der Waals surface area contributed by atoms with E-state index in [1.165, 1.54) is 43.5 Å². The zero-order chi connectivity index (χ0) is 28.2. The molecule has 0 N–H and O–H groups in total. The van der Waals surface area contributed by atoms with Crippen LogP contribution in [0.5, 0.6) is 17.2 Å². The third-order valence-electron chi connectivity index (χ3n) is 5.46. The number of aryl methyl sites for hydroxylation is 1. The second-order valence-corrected chi connectivity index (χ2v) is 10.7. The minimum Gasteiger partial charge on any atom is -0.493 e. The fourth-order valence-corrected chi connectivity index (χ4v) is 5.60. The molecule has 1 aliphatic rings. The first kappa shape index (κ1) is 27.7. The van der Waals surface area contributed by atoms with E-state index in [1.807, 2.05) is 25.1 Å². The van der Waals surface area contributed by atoms with Gasteiger partial charge in [-0.05, 0) is 66.2 Å². The van der Waals surface area contributed by atoms with Crippen molar-refractivity contribution in [3.05, 3.63) is 92.9 Å². The summed E-state index contributed by atoms with van der Waals surface area (Å²) in [4.78, 5) is 36.3. The molecule has 3 aromatic rings. The summed E-state index contributed by atoms with van der Waals surface area (Å²) in [5.41, 5.74) is 0.823. The lowest BCUT2D eigenvalue weighted by molar-refractivity contribution is -0.387. The third kappa shape index (κ3) is 6.38. The molecule has 13 heteroatoms. The Hall–Kier alpha value is -4.36. The lowest BCUT2D eigenvalue weighted by Crippen LogP contribution is -2.32. The molecular weight excluding hydrogens is 548 g/mol. The number of hydrogen-bond acceptors (Lipinski definition) is 10. The van der Waals surface area contributed by atoms with Crippen LogP contribution in [0.25, 0.3) is 6.08 Å². The quantitative estimate of drug-likeness (QED) is 0.144. The molecule has 3 aromatic carbocycles. The summed E-state index contributed by atoms with van der Waals surface area (Å²) >= 11 is 0.766. The number of amides is 2. The molecule has 1 aliphatic heterocycles. The molecule has 0 saturated carbocycles. The number of imide groups is 1. The summed E-state index contributed by atoms with van der Waals surface area (Å²) in [5, 5.41) is 10.8. The van der Waals surface area contributed by atoms with Gasteiger partial charge in [0.2, 0.25) is 0 Å². The van der Waals surface area contributed by atoms with E-state index in [0.717, 1.165) is 34.4 Å². The molecule has 0 spiro atoms. The molecule has 11 nitrogen and oxygen atoms in total. The summed E-state index contributed by atoms with van der Waals surface area (Å²) < 4.78 is 41.6. The molecule has 0 radical (unpaired) electrons. The average molecular weight is 571 g/mol. The Labute approximate surface area is 228 Å². The van der Waals surface area contributed by atoms with Crippen LogP contribution < -0.4 is 13.7 Å². The van der Waals surface area contributed by atoms with Crippen LogP contribution in [-0.2, 0) is 14.9 Å². The first-order valence-corrected chi connectivity index (χ1v) is 13.6. The van der Waals surface area contributed by atoms with Crippen molar-refractivity contribution in [2.45, 2.75) is 11.8 Å². The van der Waals surface area contributed by atoms with Gasteiger partial charge in [-0.2, -0.15) is 8.42 Å². The normalized spacial score (nSPS) is 14.5. The van der Waals surface area contributed by atoms with Gasteiger partial charge in [0.05, 0.1) is 23.5 Å². The molecule has 2 amide bonds. The molecule has 39 heavy (non-hydrogen) atoms. The van der Waals surface area contributed by atoms with Crippen LogP contribution in [-0.4, -0.2) is 49.6 Å². The first-order chi connectivity index (χ1) is 18.6. The number of carbonyl (C=O) groups is 2. The number of thioether (sulfide) groups is 1. The maximum atomic E-state index is 12.8. The minimum absolute atomic E-state index is 0.00306. The van der Waals surface area contributed by atoms with E-state index < -0.39 is 36.8 Å². The maximum absolute atomic E-state index is 12.8. The molecule has 0 atom stereocenters. The summed E-state index contributed by atoms with van der Waals surface area (Å²) in [6.07, 6.45) is 1.47. The zero-order valence-electron chi connectivity index (χ0n) is 20.7. The van der Waals surface area contributed by atoms with Gasteiger partial charge in [0.1, 0.15) is 12.4 Å². The molecular formula is C26H22N2O9S2. The van der Waals surface area contributed by atoms with E-state index in [2.05, 4.69) is 0 Å². The number of benzene rings is 3. The van der Waals surface area contributed by atoms with Crippen molar-refractivity contribution >= 4 is 44.8 Å². The number of hydrogen-bond donors (Lipinski definition) is 0. The fraction of sp³-hybridized carbons (Fsp3) is 0.154. The maximum Gasteiger partial charge on any atom is 0.346 e. The van der Waals surface area contributed by atoms with Gasteiger partial charge >= 0.3 is 10.1 Å². The Morgan fingerprint density at radius 1 is 1.03 bits per heavy atom. The highest BCUT2D eigenvalue weighted by Crippen LogP contribution is 2.36. The van der Waals surface area contributed by atoms with E-state index in [0.29, 0.717) is 11.3 Å². The number of rotatable bonds is 10. The Morgan fingerprint density at radius 2 is 1.79 bits per heavy atom. The van der Waals surface area contributed by atoms with Crippen LogP contribution in [0, 0.1) is 17.0 Å². The molecule has 202 valence electrons. The van der Waals surface area contributed by atoms with Crippen molar-refractivity contribution in [1.29, 1.82) is 0 Å². The summed E-state index contributed by atoms with van der Waals surface area (Å²) in [5.74, 6) is -0.0715. The second-order valence-electron chi connectivity index (χ2n) is 8.17. The van der Waals surface area contributed by atoms with Crippen molar-refractivity contribution in [2.75, 3.05) is 20.3 Å². The highest BCUT2D eigenvalue weighted by molar-refractivity contribution is 8.18. The molecule has 4 rings (SSSR count). The van der Waals surface area contributed by atoms with Gasteiger partial charge in [0, 0.05) is 6.07 Å². The number of ether oxygens (including phenoxy) is 2. The van der Waals surface area contributed by atoms with Crippen molar-refractivity contribution in [3.8, 4) is 17.2 Å². The predicted octanol–water partition coefficient (Wildman–Crippen LogP) is 4.79. The van der Waals surface area contributed by atoms with Gasteiger partial charge in [-0.15, -0.1) is 0 Å². The van der Waals surface area contributed by atoms with Crippen molar-refractivity contribution < 1.29 is 36.6 Å². The van der Waals surface area contributed by atoms with Gasteiger partial charge < -0.3 is 13.7 Å². The van der Waals surface area contributed by atoms with E-state index in [4.69, 9.17) is 13.7 Å². The zero-order valence-corrected chi connectivity index (χ0v) is 22.4. The molecule has 1 saturated heterocycles. The average Bonchev–Trinajstić information content (AvgIpc) is 3.16. The largest absolute Gasteiger partial charge is 0.493 e. The molecule has 1 fully saturated rings. The van der Waals surface area contributed by atoms with Gasteiger partial charge in [0.15, 0.2) is 16.4 Å². The van der Waals surface area contributed by atoms with Crippen LogP contribution in [0.15, 0.2) is 76.5 Å². The summed E-state index contributed by atoms with van der Waals surface area (Å²) in [7, 11) is -3.29. The van der Waals surface area contributed by atoms with Gasteiger partial charge in [-0.25, -0.2) is 0 Å². The predicted molar refractivity (Wildman–Crippen MR) is 143 cm³/mol. The molecule has 0 bridgehead atoms. The highest BCUT2D eigenvalue weighted by atomic mass is 32.2. The van der Waals surface area contributed by atoms with Crippen LogP contribution in [0.4, 0.5) is 10.5 Å². The molecule has 1 heterocycles. The highest BCUT2D eigenvalue weighted by Gasteiger charge is 2.35. The number of nitro benzene ring substituents is 1. The van der Waals surface area contributed by atoms with Crippen molar-refractivity contribution in [2.24, 2.45) is 0 Å². The monoisotopic (exact) mass is 570 g/mol. The van der Waals surface area contributed by atoms with Crippen molar-refractivity contribution in [3.63, 3.8) is 0 Å². The SMILES string of the molecule is COc1cc(/C=C2\SC(=O)N(CCOc3cccc(C)c3)C2=O)ccc1OS(=O)(=O)c1ccccc1[N+](=O)[O-]. The topological polar surface area (TPSA) is 142 Å². The summed E-state index contributed by atoms with van der Waals surface area (Å²) in [6, 6.07) is 16.4. The lowest BCUT2D eigenvalue weighted by Gasteiger charge is -2.13. The fourth-order valence-electron chi connectivity index (χ4n) is 3.63. The van der Waals surface area contributed by atoms with Gasteiger partial charge in [-0.3, -0.25) is 24.6 Å². The van der Waals surface area contributed by atoms with Gasteiger partial charge in [0.25, 0.3) is 16.8 Å². The Kier molecular flexibility index (Phi) is 8.21. The molecule has 0 unspecified atom stereocenters.